The van der Waals surface area contributed by atoms with Crippen LogP contribution in [0.1, 0.15) is 51.2 Å². The lowest BCUT2D eigenvalue weighted by Crippen LogP contribution is -2.35. The zero-order valence-corrected chi connectivity index (χ0v) is 11.1. The van der Waals surface area contributed by atoms with Gasteiger partial charge in [0.15, 0.2) is 0 Å². The summed E-state index contributed by atoms with van der Waals surface area (Å²) in [4.78, 5) is 4.03. The van der Waals surface area contributed by atoms with E-state index in [0.717, 1.165) is 31.2 Å². The highest BCUT2D eigenvalue weighted by atomic mass is 16.3. The van der Waals surface area contributed by atoms with Crippen LogP contribution < -0.4 is 0 Å². The predicted molar refractivity (Wildman–Crippen MR) is 69.5 cm³/mol. The van der Waals surface area contributed by atoms with Crippen LogP contribution in [0.5, 0.6) is 0 Å². The minimum Gasteiger partial charge on any atom is -0.387 e. The van der Waals surface area contributed by atoms with Crippen molar-refractivity contribution in [3.8, 4) is 6.07 Å². The van der Waals surface area contributed by atoms with Crippen LogP contribution in [0.3, 0.4) is 0 Å². The molecule has 2 rings (SSSR count). The Morgan fingerprint density at radius 1 is 1.33 bits per heavy atom. The minimum absolute atomic E-state index is 0.287. The van der Waals surface area contributed by atoms with Gasteiger partial charge in [0.2, 0.25) is 0 Å². The molecule has 1 aromatic heterocycles. The number of nitriles is 1. The first-order valence-corrected chi connectivity index (χ1v) is 6.48. The molecule has 1 saturated carbocycles. The van der Waals surface area contributed by atoms with Crippen molar-refractivity contribution in [2.45, 2.75) is 45.6 Å². The molecule has 0 bridgehead atoms. The third kappa shape index (κ3) is 2.39. The van der Waals surface area contributed by atoms with Crippen molar-refractivity contribution in [2.24, 2.45) is 10.8 Å². The molecule has 0 spiro atoms. The maximum atomic E-state index is 10.5. The molecular formula is C15H20N2O. The Balaban J connectivity index is 2.22. The van der Waals surface area contributed by atoms with E-state index in [4.69, 9.17) is 0 Å². The van der Waals surface area contributed by atoms with Crippen LogP contribution in [0, 0.1) is 22.2 Å². The van der Waals surface area contributed by atoms with Crippen molar-refractivity contribution >= 4 is 0 Å². The Kier molecular flexibility index (Phi) is 3.41. The average molecular weight is 244 g/mol. The van der Waals surface area contributed by atoms with E-state index in [1.165, 1.54) is 0 Å². The summed E-state index contributed by atoms with van der Waals surface area (Å²) in [7, 11) is 0. The maximum absolute atomic E-state index is 10.5. The number of pyridine rings is 1. The van der Waals surface area contributed by atoms with E-state index in [1.54, 1.807) is 18.5 Å². The summed E-state index contributed by atoms with van der Waals surface area (Å²) >= 11 is 0. The normalized spacial score (nSPS) is 23.0. The highest BCUT2D eigenvalue weighted by molar-refractivity contribution is 5.20. The van der Waals surface area contributed by atoms with Crippen molar-refractivity contribution < 1.29 is 5.11 Å². The molecule has 96 valence electrons. The standard InChI is InChI=1S/C15H20N2O/c1-14(2)5-7-15(11-16,8-6-14)13(18)12-4-3-9-17-10-12/h3-4,9-10,13,18H,5-8H2,1-2H3. The van der Waals surface area contributed by atoms with Crippen LogP contribution in [0.4, 0.5) is 0 Å². The number of hydrogen-bond acceptors (Lipinski definition) is 3. The molecule has 18 heavy (non-hydrogen) atoms. The van der Waals surface area contributed by atoms with E-state index in [1.807, 2.05) is 6.07 Å². The SMILES string of the molecule is CC1(C)CCC(C#N)(C(O)c2cccnc2)CC1. The third-order valence-corrected chi connectivity index (χ3v) is 4.24. The Hall–Kier alpha value is -1.40. The van der Waals surface area contributed by atoms with E-state index < -0.39 is 11.5 Å². The van der Waals surface area contributed by atoms with Gasteiger partial charge in [-0.3, -0.25) is 4.98 Å². The molecule has 0 amide bonds. The molecular weight excluding hydrogens is 224 g/mol. The van der Waals surface area contributed by atoms with Gasteiger partial charge in [0.25, 0.3) is 0 Å². The van der Waals surface area contributed by atoms with E-state index in [0.29, 0.717) is 0 Å². The molecule has 1 atom stereocenters. The van der Waals surface area contributed by atoms with Gasteiger partial charge in [0.05, 0.1) is 17.6 Å². The fourth-order valence-electron chi connectivity index (χ4n) is 2.68. The molecule has 0 aliphatic heterocycles. The molecule has 1 heterocycles. The lowest BCUT2D eigenvalue weighted by atomic mass is 9.62. The Bertz CT molecular complexity index is 437. The number of nitrogens with zero attached hydrogens (tertiary/aromatic N) is 2. The maximum Gasteiger partial charge on any atom is 0.0991 e. The van der Waals surface area contributed by atoms with Crippen LogP contribution in [0.25, 0.3) is 0 Å². The number of rotatable bonds is 2. The lowest BCUT2D eigenvalue weighted by Gasteiger charge is -2.41. The highest BCUT2D eigenvalue weighted by Gasteiger charge is 2.44. The third-order valence-electron chi connectivity index (χ3n) is 4.24. The molecule has 1 aromatic rings. The molecule has 1 aliphatic rings. The summed E-state index contributed by atoms with van der Waals surface area (Å²) < 4.78 is 0. The zero-order valence-electron chi connectivity index (χ0n) is 11.1. The van der Waals surface area contributed by atoms with Crippen molar-refractivity contribution in [1.82, 2.24) is 4.98 Å². The van der Waals surface area contributed by atoms with E-state index in [-0.39, 0.29) is 5.41 Å². The van der Waals surface area contributed by atoms with Crippen molar-refractivity contribution in [3.05, 3.63) is 30.1 Å². The topological polar surface area (TPSA) is 56.9 Å². The van der Waals surface area contributed by atoms with Gasteiger partial charge < -0.3 is 5.11 Å². The van der Waals surface area contributed by atoms with Crippen LogP contribution in [0.15, 0.2) is 24.5 Å². The number of aliphatic hydroxyl groups excluding tert-OH is 1. The molecule has 1 N–H and O–H groups in total. The molecule has 3 heteroatoms. The van der Waals surface area contributed by atoms with E-state index in [2.05, 4.69) is 24.9 Å². The predicted octanol–water partition coefficient (Wildman–Crippen LogP) is 3.23. The first kappa shape index (κ1) is 13.0. The second-order valence-corrected chi connectivity index (χ2v) is 6.12. The van der Waals surface area contributed by atoms with Crippen molar-refractivity contribution in [1.29, 1.82) is 5.26 Å². The van der Waals surface area contributed by atoms with Gasteiger partial charge in [-0.2, -0.15) is 5.26 Å². The summed E-state index contributed by atoms with van der Waals surface area (Å²) in [6.07, 6.45) is 6.09. The Morgan fingerprint density at radius 3 is 2.50 bits per heavy atom. The number of aromatic nitrogens is 1. The fraction of sp³-hybridized carbons (Fsp3) is 0.600. The van der Waals surface area contributed by atoms with Gasteiger partial charge in [-0.15, -0.1) is 0 Å². The molecule has 0 saturated heterocycles. The molecule has 0 radical (unpaired) electrons. The van der Waals surface area contributed by atoms with Gasteiger partial charge in [0.1, 0.15) is 0 Å². The van der Waals surface area contributed by atoms with Crippen LogP contribution >= 0.6 is 0 Å². The molecule has 3 nitrogen and oxygen atoms in total. The van der Waals surface area contributed by atoms with Gasteiger partial charge in [-0.1, -0.05) is 19.9 Å². The lowest BCUT2D eigenvalue weighted by molar-refractivity contribution is 0.00936. The second-order valence-electron chi connectivity index (χ2n) is 6.12. The zero-order chi connectivity index (χ0) is 13.2. The first-order chi connectivity index (χ1) is 8.49. The summed E-state index contributed by atoms with van der Waals surface area (Å²) in [5.74, 6) is 0. The van der Waals surface area contributed by atoms with E-state index >= 15 is 0 Å². The molecule has 1 fully saturated rings. The fourth-order valence-corrected chi connectivity index (χ4v) is 2.68. The van der Waals surface area contributed by atoms with Crippen LogP contribution in [-0.2, 0) is 0 Å². The molecule has 1 aliphatic carbocycles. The number of hydrogen-bond donors (Lipinski definition) is 1. The van der Waals surface area contributed by atoms with Gasteiger partial charge in [-0.05, 0) is 37.2 Å². The summed E-state index contributed by atoms with van der Waals surface area (Å²) in [6, 6.07) is 6.02. The minimum atomic E-state index is -0.729. The van der Waals surface area contributed by atoms with E-state index in [9.17, 15) is 10.4 Å². The Labute approximate surface area is 108 Å². The summed E-state index contributed by atoms with van der Waals surface area (Å²) in [5, 5.41) is 20.0. The van der Waals surface area contributed by atoms with Gasteiger partial charge in [0, 0.05) is 18.0 Å². The quantitative estimate of drug-likeness (QED) is 0.869. The Morgan fingerprint density at radius 2 is 2.00 bits per heavy atom. The highest BCUT2D eigenvalue weighted by Crippen LogP contribution is 2.50. The monoisotopic (exact) mass is 244 g/mol. The van der Waals surface area contributed by atoms with Crippen molar-refractivity contribution in [3.63, 3.8) is 0 Å². The van der Waals surface area contributed by atoms with Gasteiger partial charge in [-0.25, -0.2) is 0 Å². The van der Waals surface area contributed by atoms with Crippen molar-refractivity contribution in [2.75, 3.05) is 0 Å². The van der Waals surface area contributed by atoms with Crippen LogP contribution in [-0.4, -0.2) is 10.1 Å². The molecule has 0 aromatic carbocycles. The smallest absolute Gasteiger partial charge is 0.0991 e. The van der Waals surface area contributed by atoms with Gasteiger partial charge >= 0.3 is 0 Å². The van der Waals surface area contributed by atoms with Crippen LogP contribution in [0.2, 0.25) is 0 Å². The average Bonchev–Trinajstić information content (AvgIpc) is 2.40. The summed E-state index contributed by atoms with van der Waals surface area (Å²) in [6.45, 7) is 4.45. The first-order valence-electron chi connectivity index (χ1n) is 6.48. The largest absolute Gasteiger partial charge is 0.387 e. The summed E-state index contributed by atoms with van der Waals surface area (Å²) in [5.41, 5.74) is 0.395. The number of aliphatic hydroxyl groups is 1. The second kappa shape index (κ2) is 4.70. The molecule has 1 unspecified atom stereocenters.